The molecule has 4 N–H and O–H groups in total. The third kappa shape index (κ3) is 5.94. The number of carbonyl (C=O) groups is 1. The van der Waals surface area contributed by atoms with Gasteiger partial charge in [0.15, 0.2) is 5.96 Å². The highest BCUT2D eigenvalue weighted by Crippen LogP contribution is 2.28. The van der Waals surface area contributed by atoms with E-state index >= 15 is 0 Å². The van der Waals surface area contributed by atoms with Crippen molar-refractivity contribution in [1.29, 1.82) is 5.41 Å². The standard InChI is InChI=1S/C19H25N3O2.ClH/c1-2-3-4-5-8-13-24-16-12-11-14-9-6-7-10-15(14)17(16)18(23)22-19(20)21;/h6-7,9-12H,2-5,8,13H2,1H3,(H4,20,21,22,23);1H. The molecule has 0 heterocycles. The minimum absolute atomic E-state index is 0. The first-order valence-corrected chi connectivity index (χ1v) is 8.43. The van der Waals surface area contributed by atoms with Gasteiger partial charge in [-0.3, -0.25) is 15.5 Å². The first kappa shape index (κ1) is 20.8. The maximum Gasteiger partial charge on any atom is 0.262 e. The number of rotatable bonds is 8. The fraction of sp³-hybridized carbons (Fsp3) is 0.368. The van der Waals surface area contributed by atoms with Gasteiger partial charge in [0.05, 0.1) is 12.2 Å². The summed E-state index contributed by atoms with van der Waals surface area (Å²) in [5, 5.41) is 11.4. The zero-order valence-electron chi connectivity index (χ0n) is 14.5. The van der Waals surface area contributed by atoms with Crippen molar-refractivity contribution in [2.24, 2.45) is 5.73 Å². The molecular weight excluding hydrogens is 338 g/mol. The number of benzene rings is 2. The summed E-state index contributed by atoms with van der Waals surface area (Å²) in [5.41, 5.74) is 5.73. The van der Waals surface area contributed by atoms with Crippen LogP contribution < -0.4 is 15.8 Å². The summed E-state index contributed by atoms with van der Waals surface area (Å²) in [6.45, 7) is 2.76. The molecular formula is C19H26ClN3O2. The molecule has 6 heteroatoms. The van der Waals surface area contributed by atoms with Crippen LogP contribution in [0.2, 0.25) is 0 Å². The molecule has 0 radical (unpaired) electrons. The van der Waals surface area contributed by atoms with Crippen LogP contribution in [0.5, 0.6) is 5.75 Å². The monoisotopic (exact) mass is 363 g/mol. The van der Waals surface area contributed by atoms with E-state index in [9.17, 15) is 4.79 Å². The van der Waals surface area contributed by atoms with Crippen molar-refractivity contribution in [3.63, 3.8) is 0 Å². The Kier molecular flexibility index (Phi) is 8.78. The van der Waals surface area contributed by atoms with Crippen molar-refractivity contribution in [3.05, 3.63) is 42.0 Å². The molecule has 0 fully saturated rings. The predicted octanol–water partition coefficient (Wildman–Crippen LogP) is 4.23. The quantitative estimate of drug-likeness (QED) is 0.372. The molecule has 136 valence electrons. The molecule has 0 saturated carbocycles. The summed E-state index contributed by atoms with van der Waals surface area (Å²) >= 11 is 0. The molecule has 25 heavy (non-hydrogen) atoms. The Morgan fingerprint density at radius 1 is 1.12 bits per heavy atom. The second-order valence-corrected chi connectivity index (χ2v) is 5.79. The number of hydrogen-bond acceptors (Lipinski definition) is 3. The average molecular weight is 364 g/mol. The molecule has 0 bridgehead atoms. The van der Waals surface area contributed by atoms with E-state index in [2.05, 4.69) is 12.2 Å². The van der Waals surface area contributed by atoms with E-state index in [0.717, 1.165) is 23.6 Å². The number of guanidine groups is 1. The molecule has 0 aliphatic rings. The van der Waals surface area contributed by atoms with Crippen LogP contribution in [0.4, 0.5) is 0 Å². The first-order chi connectivity index (χ1) is 11.6. The van der Waals surface area contributed by atoms with E-state index < -0.39 is 5.91 Å². The molecule has 0 atom stereocenters. The van der Waals surface area contributed by atoms with Crippen molar-refractivity contribution in [3.8, 4) is 5.75 Å². The Balaban J connectivity index is 0.00000312. The highest BCUT2D eigenvalue weighted by atomic mass is 35.5. The molecule has 0 unspecified atom stereocenters. The Bertz CT molecular complexity index is 719. The Labute approximate surface area is 154 Å². The van der Waals surface area contributed by atoms with Gasteiger partial charge < -0.3 is 10.5 Å². The highest BCUT2D eigenvalue weighted by Gasteiger charge is 2.17. The third-order valence-electron chi connectivity index (χ3n) is 3.87. The van der Waals surface area contributed by atoms with Crippen LogP contribution in [0.3, 0.4) is 0 Å². The van der Waals surface area contributed by atoms with E-state index in [4.69, 9.17) is 15.9 Å². The minimum Gasteiger partial charge on any atom is -0.493 e. The van der Waals surface area contributed by atoms with Crippen molar-refractivity contribution < 1.29 is 9.53 Å². The van der Waals surface area contributed by atoms with E-state index in [1.807, 2.05) is 36.4 Å². The van der Waals surface area contributed by atoms with Gasteiger partial charge in [-0.05, 0) is 23.3 Å². The molecule has 0 spiro atoms. The Morgan fingerprint density at radius 3 is 2.56 bits per heavy atom. The average Bonchev–Trinajstić information content (AvgIpc) is 2.56. The van der Waals surface area contributed by atoms with Gasteiger partial charge in [-0.25, -0.2) is 0 Å². The summed E-state index contributed by atoms with van der Waals surface area (Å²) in [4.78, 5) is 12.5. The summed E-state index contributed by atoms with van der Waals surface area (Å²) in [5.74, 6) is -0.262. The zero-order valence-corrected chi connectivity index (χ0v) is 15.3. The normalized spacial score (nSPS) is 10.1. The van der Waals surface area contributed by atoms with E-state index in [-0.39, 0.29) is 18.4 Å². The van der Waals surface area contributed by atoms with Crippen molar-refractivity contribution in [2.45, 2.75) is 39.0 Å². The van der Waals surface area contributed by atoms with Crippen LogP contribution in [0.1, 0.15) is 49.4 Å². The van der Waals surface area contributed by atoms with Crippen LogP contribution in [0, 0.1) is 5.41 Å². The number of fused-ring (bicyclic) bond motifs is 1. The van der Waals surface area contributed by atoms with Crippen LogP contribution in [-0.2, 0) is 0 Å². The number of amides is 1. The van der Waals surface area contributed by atoms with Gasteiger partial charge in [0.2, 0.25) is 0 Å². The lowest BCUT2D eigenvalue weighted by molar-refractivity contribution is 0.0974. The number of halogens is 1. The summed E-state index contributed by atoms with van der Waals surface area (Å²) in [6.07, 6.45) is 5.73. The molecule has 0 saturated heterocycles. The largest absolute Gasteiger partial charge is 0.493 e. The number of hydrogen-bond donors (Lipinski definition) is 3. The lowest BCUT2D eigenvalue weighted by Crippen LogP contribution is -2.36. The second kappa shape index (κ2) is 10.6. The van der Waals surface area contributed by atoms with Gasteiger partial charge in [0.1, 0.15) is 5.75 Å². The predicted molar refractivity (Wildman–Crippen MR) is 105 cm³/mol. The molecule has 0 aromatic heterocycles. The maximum absolute atomic E-state index is 12.5. The van der Waals surface area contributed by atoms with E-state index in [1.165, 1.54) is 19.3 Å². The van der Waals surface area contributed by atoms with Crippen LogP contribution >= 0.6 is 12.4 Å². The van der Waals surface area contributed by atoms with Gasteiger partial charge in [-0.15, -0.1) is 12.4 Å². The summed E-state index contributed by atoms with van der Waals surface area (Å²) in [7, 11) is 0. The third-order valence-corrected chi connectivity index (χ3v) is 3.87. The number of carbonyl (C=O) groups excluding carboxylic acids is 1. The van der Waals surface area contributed by atoms with Gasteiger partial charge >= 0.3 is 0 Å². The summed E-state index contributed by atoms with van der Waals surface area (Å²) < 4.78 is 5.86. The minimum atomic E-state index is -0.416. The zero-order chi connectivity index (χ0) is 17.4. The van der Waals surface area contributed by atoms with E-state index in [0.29, 0.717) is 17.9 Å². The first-order valence-electron chi connectivity index (χ1n) is 8.43. The lowest BCUT2D eigenvalue weighted by Gasteiger charge is -2.14. The number of ether oxygens (including phenoxy) is 1. The Morgan fingerprint density at radius 2 is 1.84 bits per heavy atom. The van der Waals surface area contributed by atoms with Crippen LogP contribution in [0.15, 0.2) is 36.4 Å². The van der Waals surface area contributed by atoms with Crippen molar-refractivity contribution in [2.75, 3.05) is 6.61 Å². The fourth-order valence-corrected chi connectivity index (χ4v) is 2.68. The van der Waals surface area contributed by atoms with Crippen LogP contribution in [-0.4, -0.2) is 18.5 Å². The second-order valence-electron chi connectivity index (χ2n) is 5.79. The molecule has 0 aliphatic carbocycles. The van der Waals surface area contributed by atoms with Gasteiger partial charge in [-0.1, -0.05) is 62.9 Å². The number of nitrogens with two attached hydrogens (primary N) is 1. The lowest BCUT2D eigenvalue weighted by atomic mass is 10.0. The number of nitrogens with one attached hydrogen (secondary N) is 2. The van der Waals surface area contributed by atoms with Gasteiger partial charge in [0.25, 0.3) is 5.91 Å². The van der Waals surface area contributed by atoms with Crippen molar-refractivity contribution >= 4 is 35.0 Å². The molecule has 2 aromatic carbocycles. The van der Waals surface area contributed by atoms with Gasteiger partial charge in [-0.2, -0.15) is 0 Å². The molecule has 1 amide bonds. The van der Waals surface area contributed by atoms with Crippen molar-refractivity contribution in [1.82, 2.24) is 5.32 Å². The highest BCUT2D eigenvalue weighted by molar-refractivity contribution is 6.14. The maximum atomic E-state index is 12.5. The molecule has 5 nitrogen and oxygen atoms in total. The van der Waals surface area contributed by atoms with Crippen LogP contribution in [0.25, 0.3) is 10.8 Å². The molecule has 2 aromatic rings. The fourth-order valence-electron chi connectivity index (χ4n) is 2.68. The molecule has 2 rings (SSSR count). The summed E-state index contributed by atoms with van der Waals surface area (Å²) in [6, 6.07) is 11.4. The number of unbranched alkanes of at least 4 members (excludes halogenated alkanes) is 4. The smallest absolute Gasteiger partial charge is 0.262 e. The molecule has 0 aliphatic heterocycles. The Hall–Kier alpha value is -2.27. The van der Waals surface area contributed by atoms with Gasteiger partial charge in [0, 0.05) is 0 Å². The topological polar surface area (TPSA) is 88.2 Å². The van der Waals surface area contributed by atoms with E-state index in [1.54, 1.807) is 0 Å². The SMILES string of the molecule is CCCCCCCOc1ccc2ccccc2c1C(=O)NC(=N)N.Cl.